The second kappa shape index (κ2) is 9.50. The summed E-state index contributed by atoms with van der Waals surface area (Å²) < 4.78 is 4.82. The Morgan fingerprint density at radius 3 is 2.62 bits per heavy atom. The van der Waals surface area contributed by atoms with Crippen LogP contribution in [0.15, 0.2) is 23.3 Å². The van der Waals surface area contributed by atoms with Gasteiger partial charge < -0.3 is 14.9 Å². The van der Waals surface area contributed by atoms with Crippen LogP contribution in [-0.2, 0) is 9.53 Å². The zero-order chi connectivity index (χ0) is 17.5. The maximum atomic E-state index is 12.3. The molecule has 4 nitrogen and oxygen atoms in total. The van der Waals surface area contributed by atoms with Crippen molar-refractivity contribution in [2.24, 2.45) is 11.8 Å². The van der Waals surface area contributed by atoms with Crippen molar-refractivity contribution in [3.05, 3.63) is 23.3 Å². The lowest BCUT2D eigenvalue weighted by atomic mass is 9.80. The van der Waals surface area contributed by atoms with Crippen molar-refractivity contribution in [2.75, 3.05) is 7.11 Å². The number of hydrogen-bond donors (Lipinski definition) is 2. The van der Waals surface area contributed by atoms with Gasteiger partial charge in [-0.25, -0.2) is 0 Å². The van der Waals surface area contributed by atoms with E-state index in [0.29, 0.717) is 12.8 Å². The molecule has 1 saturated carbocycles. The lowest BCUT2D eigenvalue weighted by Crippen LogP contribution is -2.23. The summed E-state index contributed by atoms with van der Waals surface area (Å²) in [4.78, 5) is 12.3. The Balaban J connectivity index is 1.80. The summed E-state index contributed by atoms with van der Waals surface area (Å²) in [5, 5.41) is 19.7. The van der Waals surface area contributed by atoms with E-state index in [1.54, 1.807) is 0 Å². The molecule has 0 amide bonds. The van der Waals surface area contributed by atoms with Gasteiger partial charge in [-0.2, -0.15) is 0 Å². The topological polar surface area (TPSA) is 66.8 Å². The van der Waals surface area contributed by atoms with Crippen LogP contribution in [-0.4, -0.2) is 35.5 Å². The molecule has 24 heavy (non-hydrogen) atoms. The molecule has 0 heterocycles. The van der Waals surface area contributed by atoms with Crippen LogP contribution in [0.3, 0.4) is 0 Å². The Labute approximate surface area is 145 Å². The van der Waals surface area contributed by atoms with Crippen molar-refractivity contribution >= 4 is 5.78 Å². The summed E-state index contributed by atoms with van der Waals surface area (Å²) in [5.41, 5.74) is 2.62. The van der Waals surface area contributed by atoms with Crippen LogP contribution in [0.25, 0.3) is 0 Å². The van der Waals surface area contributed by atoms with Crippen LogP contribution in [0.5, 0.6) is 0 Å². The smallest absolute Gasteiger partial charge is 0.154 e. The van der Waals surface area contributed by atoms with Gasteiger partial charge in [0.25, 0.3) is 0 Å². The van der Waals surface area contributed by atoms with Crippen LogP contribution >= 0.6 is 0 Å². The molecule has 2 N–H and O–H groups in total. The fraction of sp³-hybridized carbons (Fsp3) is 0.750. The number of Topliss-reactive ketones (excluding diaryl/α,β-unsaturated/α-hetero) is 1. The molecule has 0 radical (unpaired) electrons. The van der Waals surface area contributed by atoms with Crippen LogP contribution in [0.2, 0.25) is 0 Å². The second-order valence-corrected chi connectivity index (χ2v) is 7.31. The number of ether oxygens (including phenoxy) is 1. The van der Waals surface area contributed by atoms with E-state index in [0.717, 1.165) is 44.9 Å². The zero-order valence-electron chi connectivity index (χ0n) is 15.0. The second-order valence-electron chi connectivity index (χ2n) is 7.31. The highest BCUT2D eigenvalue weighted by Gasteiger charge is 2.42. The summed E-state index contributed by atoms with van der Waals surface area (Å²) in [7, 11) is 1.51. The molecule has 0 aliphatic heterocycles. The van der Waals surface area contributed by atoms with Crippen molar-refractivity contribution in [3.8, 4) is 0 Å². The number of ketones is 1. The highest BCUT2D eigenvalue weighted by Crippen LogP contribution is 2.41. The minimum Gasteiger partial charge on any atom is -0.392 e. The highest BCUT2D eigenvalue weighted by atomic mass is 16.6. The van der Waals surface area contributed by atoms with Gasteiger partial charge in [0.1, 0.15) is 5.78 Å². The van der Waals surface area contributed by atoms with Gasteiger partial charge in [0, 0.05) is 25.4 Å². The first-order chi connectivity index (χ1) is 11.5. The van der Waals surface area contributed by atoms with Gasteiger partial charge >= 0.3 is 0 Å². The molecule has 2 rings (SSSR count). The molecule has 0 bridgehead atoms. The van der Waals surface area contributed by atoms with Gasteiger partial charge in [-0.1, -0.05) is 42.6 Å². The van der Waals surface area contributed by atoms with Gasteiger partial charge in [0.05, 0.1) is 6.10 Å². The Bertz CT molecular complexity index is 480. The third-order valence-corrected chi connectivity index (χ3v) is 5.48. The Morgan fingerprint density at radius 1 is 1.21 bits per heavy atom. The molecule has 4 heteroatoms. The monoisotopic (exact) mass is 336 g/mol. The normalized spacial score (nSPS) is 28.7. The minimum absolute atomic E-state index is 0.0115. The van der Waals surface area contributed by atoms with E-state index in [9.17, 15) is 15.0 Å². The van der Waals surface area contributed by atoms with Crippen LogP contribution in [0.4, 0.5) is 0 Å². The van der Waals surface area contributed by atoms with Gasteiger partial charge in [-0.3, -0.25) is 4.79 Å². The zero-order valence-corrected chi connectivity index (χ0v) is 15.0. The largest absolute Gasteiger partial charge is 0.392 e. The first-order valence-corrected chi connectivity index (χ1v) is 9.30. The SMILES string of the molecule is COC(O)CCCCCC[C@H]1C(=O)C[C@@H](O)[C@@H]1C1=CC=C(C)CC1. The van der Waals surface area contributed by atoms with E-state index in [1.807, 2.05) is 0 Å². The molecule has 0 aromatic rings. The molecule has 4 atom stereocenters. The number of aliphatic hydroxyl groups is 2. The Hall–Kier alpha value is -0.970. The maximum absolute atomic E-state index is 12.3. The number of hydrogen-bond acceptors (Lipinski definition) is 4. The van der Waals surface area contributed by atoms with Crippen molar-refractivity contribution in [1.82, 2.24) is 0 Å². The van der Waals surface area contributed by atoms with Crippen LogP contribution in [0, 0.1) is 11.8 Å². The van der Waals surface area contributed by atoms with Crippen molar-refractivity contribution in [3.63, 3.8) is 0 Å². The number of allylic oxidation sites excluding steroid dienone is 3. The Morgan fingerprint density at radius 2 is 1.96 bits per heavy atom. The molecule has 2 aliphatic carbocycles. The Kier molecular flexibility index (Phi) is 7.66. The molecule has 136 valence electrons. The molecular formula is C20H32O4. The lowest BCUT2D eigenvalue weighted by Gasteiger charge is -2.26. The maximum Gasteiger partial charge on any atom is 0.154 e. The first-order valence-electron chi connectivity index (χ1n) is 9.30. The molecule has 0 aromatic heterocycles. The van der Waals surface area contributed by atoms with E-state index >= 15 is 0 Å². The number of aliphatic hydroxyl groups excluding tert-OH is 2. The number of rotatable bonds is 9. The highest BCUT2D eigenvalue weighted by molar-refractivity contribution is 5.85. The van der Waals surface area contributed by atoms with Crippen LogP contribution in [0.1, 0.15) is 64.7 Å². The summed E-state index contributed by atoms with van der Waals surface area (Å²) in [6.45, 7) is 2.13. The predicted molar refractivity (Wildman–Crippen MR) is 94.4 cm³/mol. The van der Waals surface area contributed by atoms with Crippen molar-refractivity contribution in [1.29, 1.82) is 0 Å². The van der Waals surface area contributed by atoms with Gasteiger partial charge in [-0.05, 0) is 39.0 Å². The van der Waals surface area contributed by atoms with Crippen molar-refractivity contribution < 1.29 is 19.7 Å². The molecule has 1 unspecified atom stereocenters. The number of unbranched alkanes of at least 4 members (excludes halogenated alkanes) is 3. The predicted octanol–water partition coefficient (Wildman–Crippen LogP) is 3.52. The lowest BCUT2D eigenvalue weighted by molar-refractivity contribution is -0.121. The molecular weight excluding hydrogens is 304 g/mol. The molecule has 2 aliphatic rings. The summed E-state index contributed by atoms with van der Waals surface area (Å²) in [6, 6.07) is 0. The number of carbonyl (C=O) groups excluding carboxylic acids is 1. The molecule has 0 spiro atoms. The fourth-order valence-electron chi connectivity index (χ4n) is 3.99. The van der Waals surface area contributed by atoms with E-state index < -0.39 is 12.4 Å². The van der Waals surface area contributed by atoms with E-state index in [2.05, 4.69) is 19.1 Å². The fourth-order valence-corrected chi connectivity index (χ4v) is 3.99. The first kappa shape index (κ1) is 19.4. The van der Waals surface area contributed by atoms with E-state index in [-0.39, 0.29) is 17.6 Å². The third kappa shape index (κ3) is 5.27. The molecule has 0 saturated heterocycles. The van der Waals surface area contributed by atoms with Gasteiger partial charge in [0.15, 0.2) is 6.29 Å². The third-order valence-electron chi connectivity index (χ3n) is 5.48. The molecule has 1 fully saturated rings. The van der Waals surface area contributed by atoms with Crippen molar-refractivity contribution in [2.45, 2.75) is 77.1 Å². The number of methoxy groups -OCH3 is 1. The summed E-state index contributed by atoms with van der Waals surface area (Å²) in [6.07, 6.45) is 11.0. The average molecular weight is 336 g/mol. The van der Waals surface area contributed by atoms with E-state index in [4.69, 9.17) is 4.74 Å². The quantitative estimate of drug-likeness (QED) is 0.499. The van der Waals surface area contributed by atoms with Gasteiger partial charge in [-0.15, -0.1) is 0 Å². The summed E-state index contributed by atoms with van der Waals surface area (Å²) >= 11 is 0. The van der Waals surface area contributed by atoms with Gasteiger partial charge in [0.2, 0.25) is 0 Å². The average Bonchev–Trinajstić information content (AvgIpc) is 2.85. The number of carbonyl (C=O) groups is 1. The minimum atomic E-state index is -0.657. The van der Waals surface area contributed by atoms with E-state index in [1.165, 1.54) is 18.3 Å². The molecule has 0 aromatic carbocycles. The van der Waals surface area contributed by atoms with Crippen LogP contribution < -0.4 is 0 Å². The summed E-state index contributed by atoms with van der Waals surface area (Å²) in [5.74, 6) is 0.245. The standard InChI is InChI=1S/C20H32O4/c1-14-9-11-15(12-10-14)20-16(17(21)13-18(20)22)7-5-3-4-6-8-19(23)24-2/h9,11,16,18-20,22-23H,3-8,10,12-13H2,1-2H3/t16-,18+,19?,20+/m0/s1.